The van der Waals surface area contributed by atoms with E-state index in [1.807, 2.05) is 0 Å². The molecule has 128 valence electrons. The lowest BCUT2D eigenvalue weighted by Gasteiger charge is -2.02. The molecule has 0 atom stereocenters. The van der Waals surface area contributed by atoms with Gasteiger partial charge < -0.3 is 5.11 Å². The van der Waals surface area contributed by atoms with Crippen LogP contribution in [0.2, 0.25) is 0 Å². The van der Waals surface area contributed by atoms with Crippen LogP contribution in [0.3, 0.4) is 0 Å². The van der Waals surface area contributed by atoms with Crippen molar-refractivity contribution >= 4 is 23.5 Å². The van der Waals surface area contributed by atoms with Gasteiger partial charge in [0.25, 0.3) is 5.69 Å². The van der Waals surface area contributed by atoms with Gasteiger partial charge in [0.1, 0.15) is 0 Å². The molecule has 10 heteroatoms. The summed E-state index contributed by atoms with van der Waals surface area (Å²) in [7, 11) is 0. The van der Waals surface area contributed by atoms with Crippen LogP contribution in [0.25, 0.3) is 0 Å². The van der Waals surface area contributed by atoms with Gasteiger partial charge in [-0.1, -0.05) is 30.3 Å². The molecule has 1 amide bonds. The van der Waals surface area contributed by atoms with Gasteiger partial charge in [-0.3, -0.25) is 25.0 Å². The van der Waals surface area contributed by atoms with Crippen LogP contribution >= 0.6 is 0 Å². The lowest BCUT2D eigenvalue weighted by Crippen LogP contribution is -2.19. The molecule has 2 rings (SSSR count). The number of phenolic OH excluding ortho intramolecular Hbond substituents is 1. The first kappa shape index (κ1) is 17.5. The number of hydrogen-bond donors (Lipinski definition) is 2. The molecular formula is C15H12N4O6. The number of hydrogen-bond acceptors (Lipinski definition) is 7. The van der Waals surface area contributed by atoms with Crippen LogP contribution < -0.4 is 5.43 Å². The number of rotatable bonds is 6. The number of nitrogens with one attached hydrogen (secondary N) is 1. The van der Waals surface area contributed by atoms with Crippen molar-refractivity contribution in [1.82, 2.24) is 5.43 Å². The van der Waals surface area contributed by atoms with E-state index in [-0.39, 0.29) is 12.0 Å². The number of carbonyl (C=O) groups excluding carboxylic acids is 1. The lowest BCUT2D eigenvalue weighted by molar-refractivity contribution is -0.394. The van der Waals surface area contributed by atoms with Crippen molar-refractivity contribution in [3.05, 3.63) is 73.8 Å². The summed E-state index contributed by atoms with van der Waals surface area (Å²) in [6, 6.07) is 10.4. The molecule has 10 nitrogen and oxygen atoms in total. The van der Waals surface area contributed by atoms with Crippen molar-refractivity contribution in [1.29, 1.82) is 0 Å². The maximum absolute atomic E-state index is 11.7. The van der Waals surface area contributed by atoms with Crippen molar-refractivity contribution in [2.45, 2.75) is 6.42 Å². The summed E-state index contributed by atoms with van der Waals surface area (Å²) in [6.45, 7) is 0. The average Bonchev–Trinajstić information content (AvgIpc) is 2.56. The minimum absolute atomic E-state index is 0.0548. The Labute approximate surface area is 140 Å². The first-order chi connectivity index (χ1) is 11.9. The zero-order valence-corrected chi connectivity index (χ0v) is 12.7. The highest BCUT2D eigenvalue weighted by Gasteiger charge is 2.23. The smallest absolute Gasteiger partial charge is 0.318 e. The van der Waals surface area contributed by atoms with E-state index in [1.54, 1.807) is 30.3 Å². The zero-order valence-electron chi connectivity index (χ0n) is 12.7. The maximum Gasteiger partial charge on any atom is 0.318 e. The van der Waals surface area contributed by atoms with Crippen LogP contribution in [0.15, 0.2) is 47.6 Å². The second kappa shape index (κ2) is 7.64. The van der Waals surface area contributed by atoms with E-state index in [9.17, 15) is 30.1 Å². The van der Waals surface area contributed by atoms with Crippen LogP contribution in [0.1, 0.15) is 11.1 Å². The Kier molecular flexibility index (Phi) is 5.36. The maximum atomic E-state index is 11.7. The Morgan fingerprint density at radius 3 is 2.44 bits per heavy atom. The van der Waals surface area contributed by atoms with Crippen molar-refractivity contribution in [2.24, 2.45) is 5.10 Å². The topological polar surface area (TPSA) is 148 Å². The van der Waals surface area contributed by atoms with Crippen molar-refractivity contribution < 1.29 is 19.7 Å². The monoisotopic (exact) mass is 344 g/mol. The highest BCUT2D eigenvalue weighted by molar-refractivity contribution is 5.88. The summed E-state index contributed by atoms with van der Waals surface area (Å²) in [6.07, 6.45) is 0.956. The molecule has 0 fully saturated rings. The van der Waals surface area contributed by atoms with E-state index in [0.29, 0.717) is 6.07 Å². The molecule has 0 bridgehead atoms. The average molecular weight is 344 g/mol. The number of phenols is 1. The Morgan fingerprint density at radius 2 is 1.84 bits per heavy atom. The van der Waals surface area contributed by atoms with Crippen LogP contribution in [0.5, 0.6) is 5.75 Å². The number of non-ortho nitro benzene ring substituents is 1. The quantitative estimate of drug-likeness (QED) is 0.464. The van der Waals surface area contributed by atoms with Crippen LogP contribution in [-0.2, 0) is 11.2 Å². The third-order valence-corrected chi connectivity index (χ3v) is 3.11. The molecule has 2 aromatic rings. The fourth-order valence-corrected chi connectivity index (χ4v) is 1.96. The Hall–Kier alpha value is -3.82. The van der Waals surface area contributed by atoms with Gasteiger partial charge in [-0.25, -0.2) is 5.43 Å². The van der Waals surface area contributed by atoms with Crippen molar-refractivity contribution in [3.63, 3.8) is 0 Å². The molecule has 25 heavy (non-hydrogen) atoms. The molecule has 0 unspecified atom stereocenters. The Bertz CT molecular complexity index is 851. The Morgan fingerprint density at radius 1 is 1.16 bits per heavy atom. The summed E-state index contributed by atoms with van der Waals surface area (Å²) in [5, 5.41) is 35.0. The van der Waals surface area contributed by atoms with E-state index in [0.717, 1.165) is 17.8 Å². The van der Waals surface area contributed by atoms with E-state index in [2.05, 4.69) is 10.5 Å². The number of nitro benzene ring substituents is 2. The number of benzene rings is 2. The largest absolute Gasteiger partial charge is 0.502 e. The summed E-state index contributed by atoms with van der Waals surface area (Å²) in [5.41, 5.74) is 1.27. The molecule has 2 N–H and O–H groups in total. The molecule has 0 aromatic heterocycles. The summed E-state index contributed by atoms with van der Waals surface area (Å²) >= 11 is 0. The van der Waals surface area contributed by atoms with Gasteiger partial charge in [-0.05, 0) is 5.56 Å². The van der Waals surface area contributed by atoms with Gasteiger partial charge >= 0.3 is 5.69 Å². The summed E-state index contributed by atoms with van der Waals surface area (Å²) in [4.78, 5) is 31.6. The predicted molar refractivity (Wildman–Crippen MR) is 87.3 cm³/mol. The number of aromatic hydroxyl groups is 1. The lowest BCUT2D eigenvalue weighted by atomic mass is 10.1. The second-order valence-electron chi connectivity index (χ2n) is 4.87. The number of nitro groups is 2. The Balaban J connectivity index is 2.15. The van der Waals surface area contributed by atoms with Gasteiger partial charge in [0.15, 0.2) is 0 Å². The third kappa shape index (κ3) is 4.58. The van der Waals surface area contributed by atoms with Crippen LogP contribution in [-0.4, -0.2) is 27.1 Å². The van der Waals surface area contributed by atoms with Gasteiger partial charge in [-0.2, -0.15) is 5.10 Å². The number of amides is 1. The minimum Gasteiger partial charge on any atom is -0.502 e. The van der Waals surface area contributed by atoms with E-state index >= 15 is 0 Å². The zero-order chi connectivity index (χ0) is 18.4. The SMILES string of the molecule is O=C(Cc1ccccc1)N/N=C/c1cc([N+](=O)[O-])cc([N+](=O)[O-])c1O. The molecule has 0 saturated carbocycles. The highest BCUT2D eigenvalue weighted by Crippen LogP contribution is 2.33. The first-order valence-corrected chi connectivity index (χ1v) is 6.90. The standard InChI is InChI=1S/C15H12N4O6/c20-14(6-10-4-2-1-3-5-10)17-16-9-11-7-12(18(22)23)8-13(15(11)21)19(24)25/h1-5,7-9,21H,6H2,(H,17,20)/b16-9+. The molecule has 0 radical (unpaired) electrons. The molecule has 0 spiro atoms. The third-order valence-electron chi connectivity index (χ3n) is 3.11. The van der Waals surface area contributed by atoms with Crippen molar-refractivity contribution in [3.8, 4) is 5.75 Å². The van der Waals surface area contributed by atoms with Crippen LogP contribution in [0, 0.1) is 20.2 Å². The molecule has 0 aliphatic rings. The van der Waals surface area contributed by atoms with Crippen LogP contribution in [0.4, 0.5) is 11.4 Å². The number of nitrogens with zero attached hydrogens (tertiary/aromatic N) is 3. The predicted octanol–water partition coefficient (Wildman–Crippen LogP) is 1.90. The highest BCUT2D eigenvalue weighted by atomic mass is 16.6. The minimum atomic E-state index is -0.951. The number of hydrazone groups is 1. The summed E-state index contributed by atoms with van der Waals surface area (Å²) in [5.74, 6) is -1.24. The van der Waals surface area contributed by atoms with E-state index in [4.69, 9.17) is 0 Å². The number of carbonyl (C=O) groups is 1. The van der Waals surface area contributed by atoms with E-state index < -0.39 is 32.9 Å². The fraction of sp³-hybridized carbons (Fsp3) is 0.0667. The first-order valence-electron chi connectivity index (χ1n) is 6.90. The van der Waals surface area contributed by atoms with Gasteiger partial charge in [-0.15, -0.1) is 0 Å². The summed E-state index contributed by atoms with van der Waals surface area (Å²) < 4.78 is 0. The molecular weight excluding hydrogens is 332 g/mol. The van der Waals surface area contributed by atoms with Gasteiger partial charge in [0.2, 0.25) is 11.7 Å². The normalized spacial score (nSPS) is 10.6. The fourth-order valence-electron chi connectivity index (χ4n) is 1.96. The molecule has 0 aliphatic heterocycles. The molecule has 0 aliphatic carbocycles. The molecule has 2 aromatic carbocycles. The van der Waals surface area contributed by atoms with E-state index in [1.165, 1.54) is 0 Å². The molecule has 0 heterocycles. The second-order valence-corrected chi connectivity index (χ2v) is 4.87. The van der Waals surface area contributed by atoms with Gasteiger partial charge in [0.05, 0.1) is 34.1 Å². The van der Waals surface area contributed by atoms with Crippen molar-refractivity contribution in [2.75, 3.05) is 0 Å². The molecule has 0 saturated heterocycles. The van der Waals surface area contributed by atoms with Gasteiger partial charge in [0, 0.05) is 6.07 Å².